The van der Waals surface area contributed by atoms with Crippen LogP contribution in [0.5, 0.6) is 0 Å². The highest BCUT2D eigenvalue weighted by Crippen LogP contribution is 2.14. The van der Waals surface area contributed by atoms with Crippen molar-refractivity contribution in [1.82, 2.24) is 9.80 Å². The normalized spacial score (nSPS) is 12.0. The Kier molecular flexibility index (Phi) is 34.0. The van der Waals surface area contributed by atoms with E-state index >= 15 is 0 Å². The number of hydrogen-bond acceptors (Lipinski definition) is 5. The van der Waals surface area contributed by atoms with Gasteiger partial charge in [-0.25, -0.2) is 4.79 Å². The van der Waals surface area contributed by atoms with Gasteiger partial charge in [-0.05, 0) is 97.6 Å². The Morgan fingerprint density at radius 2 is 0.854 bits per heavy atom. The summed E-state index contributed by atoms with van der Waals surface area (Å²) in [6.07, 6.45) is 42.5. The number of hydrogen-bond donors (Lipinski definition) is 0. The van der Waals surface area contributed by atoms with Gasteiger partial charge in [-0.1, -0.05) is 127 Å². The van der Waals surface area contributed by atoms with Gasteiger partial charge in [-0.15, -0.1) is 0 Å². The van der Waals surface area contributed by atoms with Crippen LogP contribution in [-0.2, 0) is 14.3 Å². The molecule has 6 heteroatoms. The van der Waals surface area contributed by atoms with Crippen molar-refractivity contribution >= 4 is 17.9 Å². The maximum Gasteiger partial charge on any atom is 0.423 e. The van der Waals surface area contributed by atoms with Gasteiger partial charge in [-0.2, -0.15) is 4.90 Å². The van der Waals surface area contributed by atoms with Gasteiger partial charge in [-0.3, -0.25) is 9.59 Å². The molecule has 3 amide bonds. The summed E-state index contributed by atoms with van der Waals surface area (Å²) in [6.45, 7) is 5.43. The van der Waals surface area contributed by atoms with Gasteiger partial charge < -0.3 is 9.64 Å². The predicted molar refractivity (Wildman–Crippen MR) is 205 cm³/mol. The minimum absolute atomic E-state index is 0.196. The summed E-state index contributed by atoms with van der Waals surface area (Å²) in [7, 11) is 3.91. The van der Waals surface area contributed by atoms with E-state index in [0.29, 0.717) is 19.3 Å². The van der Waals surface area contributed by atoms with Crippen LogP contribution >= 0.6 is 0 Å². The summed E-state index contributed by atoms with van der Waals surface area (Å²) in [5.74, 6) is -0.850. The Morgan fingerprint density at radius 3 is 1.25 bits per heavy atom. The van der Waals surface area contributed by atoms with E-state index in [9.17, 15) is 14.4 Å². The molecule has 0 saturated carbocycles. The molecule has 48 heavy (non-hydrogen) atoms. The van der Waals surface area contributed by atoms with Crippen LogP contribution in [0.1, 0.15) is 174 Å². The van der Waals surface area contributed by atoms with Crippen molar-refractivity contribution in [2.75, 3.05) is 27.2 Å². The molecular weight excluding hydrogens is 596 g/mol. The van der Waals surface area contributed by atoms with Crippen LogP contribution in [0, 0.1) is 0 Å². The van der Waals surface area contributed by atoms with E-state index in [4.69, 9.17) is 4.74 Å². The zero-order chi connectivity index (χ0) is 35.3. The monoisotopic (exact) mass is 671 g/mol. The number of carbonyl (C=O) groups excluding carboxylic acids is 3. The quantitative estimate of drug-likeness (QED) is 0.0526. The largest absolute Gasteiger partial charge is 0.449 e. The van der Waals surface area contributed by atoms with Crippen molar-refractivity contribution < 1.29 is 19.1 Å². The molecule has 0 aliphatic carbocycles. The standard InChI is InChI=1S/C42H74N2O4/c1-5-7-9-11-13-15-17-19-21-23-25-27-29-31-33-36-40(45)44(42(47)48-39-35-38-43(3)4)41(46)37-34-32-30-28-26-24-22-20-18-16-14-12-10-8-6-2/h13-16,19-22H,5-12,17-18,23-39H2,1-4H3/b15-13-,16-14-,21-19-,22-20-. The topological polar surface area (TPSA) is 66.9 Å². The summed E-state index contributed by atoms with van der Waals surface area (Å²) in [5, 5.41) is 0. The average molecular weight is 671 g/mol. The highest BCUT2D eigenvalue weighted by atomic mass is 16.6. The summed E-state index contributed by atoms with van der Waals surface area (Å²) in [6, 6.07) is 0. The lowest BCUT2D eigenvalue weighted by atomic mass is 10.1. The molecule has 0 rings (SSSR count). The summed E-state index contributed by atoms with van der Waals surface area (Å²) in [5.41, 5.74) is 0. The number of allylic oxidation sites excluding steroid dienone is 8. The average Bonchev–Trinajstić information content (AvgIpc) is 3.06. The third-order valence-electron chi connectivity index (χ3n) is 8.34. The van der Waals surface area contributed by atoms with Crippen molar-refractivity contribution in [3.8, 4) is 0 Å². The summed E-state index contributed by atoms with van der Waals surface area (Å²) in [4.78, 5) is 41.7. The molecule has 0 spiro atoms. The lowest BCUT2D eigenvalue weighted by Crippen LogP contribution is -2.42. The third-order valence-corrected chi connectivity index (χ3v) is 8.34. The van der Waals surface area contributed by atoms with Crippen molar-refractivity contribution in [2.45, 2.75) is 174 Å². The number of rotatable bonds is 32. The number of ether oxygens (including phenoxy) is 1. The first kappa shape index (κ1) is 45.5. The van der Waals surface area contributed by atoms with Gasteiger partial charge in [0.1, 0.15) is 0 Å². The van der Waals surface area contributed by atoms with Crippen LogP contribution in [0.4, 0.5) is 4.79 Å². The number of amides is 3. The Bertz CT molecular complexity index is 832. The Hall–Kier alpha value is -2.47. The van der Waals surface area contributed by atoms with E-state index in [2.05, 4.69) is 62.5 Å². The fourth-order valence-corrected chi connectivity index (χ4v) is 5.35. The van der Waals surface area contributed by atoms with Crippen molar-refractivity contribution in [2.24, 2.45) is 0 Å². The molecule has 0 saturated heterocycles. The highest BCUT2D eigenvalue weighted by molar-refractivity contribution is 6.08. The van der Waals surface area contributed by atoms with Gasteiger partial charge >= 0.3 is 6.09 Å². The van der Waals surface area contributed by atoms with Gasteiger partial charge in [0.2, 0.25) is 11.8 Å². The maximum atomic E-state index is 13.0. The summed E-state index contributed by atoms with van der Waals surface area (Å²) >= 11 is 0. The maximum absolute atomic E-state index is 13.0. The van der Waals surface area contributed by atoms with Crippen LogP contribution in [0.2, 0.25) is 0 Å². The highest BCUT2D eigenvalue weighted by Gasteiger charge is 2.29. The molecule has 276 valence electrons. The zero-order valence-corrected chi connectivity index (χ0v) is 31.7. The molecule has 0 N–H and O–H groups in total. The number of imide groups is 3. The molecule has 0 bridgehead atoms. The SMILES string of the molecule is CCCCC/C=C\C/C=C\CCCCCCCC(=O)N(C(=O)CCCCCCC/C=C\C/C=C\CCCCC)C(=O)OCCCN(C)C. The van der Waals surface area contributed by atoms with Crippen LogP contribution < -0.4 is 0 Å². The van der Waals surface area contributed by atoms with Crippen LogP contribution in [-0.4, -0.2) is 55.0 Å². The molecule has 0 unspecified atom stereocenters. The van der Waals surface area contributed by atoms with Crippen LogP contribution in [0.15, 0.2) is 48.6 Å². The number of unbranched alkanes of at least 4 members (excludes halogenated alkanes) is 16. The fourth-order valence-electron chi connectivity index (χ4n) is 5.35. The van der Waals surface area contributed by atoms with Gasteiger partial charge in [0, 0.05) is 19.4 Å². The fraction of sp³-hybridized carbons (Fsp3) is 0.738. The van der Waals surface area contributed by atoms with Crippen molar-refractivity contribution in [3.63, 3.8) is 0 Å². The molecule has 0 aromatic carbocycles. The molecule has 0 atom stereocenters. The van der Waals surface area contributed by atoms with E-state index in [-0.39, 0.29) is 19.4 Å². The lowest BCUT2D eigenvalue weighted by Gasteiger charge is -2.19. The molecule has 0 radical (unpaired) electrons. The van der Waals surface area contributed by atoms with E-state index in [1.807, 2.05) is 19.0 Å². The van der Waals surface area contributed by atoms with Crippen molar-refractivity contribution in [1.29, 1.82) is 0 Å². The second kappa shape index (κ2) is 35.8. The molecule has 0 aliphatic rings. The molecule has 6 nitrogen and oxygen atoms in total. The van der Waals surface area contributed by atoms with Gasteiger partial charge in [0.05, 0.1) is 6.61 Å². The molecular formula is C42H74N2O4. The molecule has 0 aliphatic heterocycles. The first-order chi connectivity index (χ1) is 23.4. The molecule has 0 fully saturated rings. The van der Waals surface area contributed by atoms with Crippen LogP contribution in [0.3, 0.4) is 0 Å². The number of carbonyl (C=O) groups is 3. The minimum atomic E-state index is -0.811. The first-order valence-electron chi connectivity index (χ1n) is 19.7. The van der Waals surface area contributed by atoms with E-state index < -0.39 is 17.9 Å². The minimum Gasteiger partial charge on any atom is -0.449 e. The number of nitrogens with zero attached hydrogens (tertiary/aromatic N) is 2. The van der Waals surface area contributed by atoms with E-state index in [0.717, 1.165) is 88.5 Å². The Balaban J connectivity index is 4.34. The Labute approximate surface area is 296 Å². The lowest BCUT2D eigenvalue weighted by molar-refractivity contribution is -0.142. The molecule has 0 aromatic heterocycles. The third kappa shape index (κ3) is 30.8. The zero-order valence-electron chi connectivity index (χ0n) is 31.7. The van der Waals surface area contributed by atoms with E-state index in [1.54, 1.807) is 0 Å². The predicted octanol–water partition coefficient (Wildman–Crippen LogP) is 12.1. The summed E-state index contributed by atoms with van der Waals surface area (Å²) < 4.78 is 5.35. The van der Waals surface area contributed by atoms with Crippen LogP contribution in [0.25, 0.3) is 0 Å². The Morgan fingerprint density at radius 1 is 0.479 bits per heavy atom. The second-order valence-electron chi connectivity index (χ2n) is 13.4. The van der Waals surface area contributed by atoms with Gasteiger partial charge in [0.25, 0.3) is 0 Å². The van der Waals surface area contributed by atoms with E-state index in [1.165, 1.54) is 51.4 Å². The smallest absolute Gasteiger partial charge is 0.423 e. The van der Waals surface area contributed by atoms with Gasteiger partial charge in [0.15, 0.2) is 0 Å². The second-order valence-corrected chi connectivity index (χ2v) is 13.4. The molecule has 0 heterocycles. The van der Waals surface area contributed by atoms with Crippen molar-refractivity contribution in [3.05, 3.63) is 48.6 Å². The molecule has 0 aromatic rings. The first-order valence-corrected chi connectivity index (χ1v) is 19.7.